The highest BCUT2D eigenvalue weighted by Gasteiger charge is 2.23. The van der Waals surface area contributed by atoms with Crippen molar-refractivity contribution in [3.05, 3.63) is 65.0 Å². The second kappa shape index (κ2) is 7.24. The molecule has 0 bridgehead atoms. The molecule has 1 aromatic heterocycles. The Bertz CT molecular complexity index is 759. The molecule has 0 atom stereocenters. The van der Waals surface area contributed by atoms with Crippen LogP contribution in [0.4, 0.5) is 0 Å². The van der Waals surface area contributed by atoms with Crippen molar-refractivity contribution in [2.45, 2.75) is 13.5 Å². The van der Waals surface area contributed by atoms with Crippen LogP contribution < -0.4 is 0 Å². The molecule has 5 nitrogen and oxygen atoms in total. The summed E-state index contributed by atoms with van der Waals surface area (Å²) in [7, 11) is 0. The standard InChI is InChI=1S/C19H20N4O/c1-15-12-17(13-20)2-3-18(15)19(24)23-10-8-22(9-11-23)14-16-4-6-21-7-5-16/h2-7,12H,8-11,14H2,1H3. The number of piperazine rings is 1. The number of nitriles is 1. The molecule has 1 saturated heterocycles. The minimum absolute atomic E-state index is 0.0561. The first kappa shape index (κ1) is 16.2. The largest absolute Gasteiger partial charge is 0.336 e. The number of nitrogens with zero attached hydrogens (tertiary/aromatic N) is 4. The summed E-state index contributed by atoms with van der Waals surface area (Å²) >= 11 is 0. The Hall–Kier alpha value is -2.71. The van der Waals surface area contributed by atoms with Gasteiger partial charge in [0.05, 0.1) is 11.6 Å². The number of hydrogen-bond donors (Lipinski definition) is 0. The van der Waals surface area contributed by atoms with Gasteiger partial charge >= 0.3 is 0 Å². The molecule has 1 fully saturated rings. The van der Waals surface area contributed by atoms with E-state index in [1.165, 1.54) is 5.56 Å². The first-order valence-corrected chi connectivity index (χ1v) is 8.08. The average Bonchev–Trinajstić information content (AvgIpc) is 2.62. The van der Waals surface area contributed by atoms with Crippen molar-refractivity contribution in [1.82, 2.24) is 14.8 Å². The summed E-state index contributed by atoms with van der Waals surface area (Å²) in [5, 5.41) is 8.94. The Morgan fingerprint density at radius 3 is 2.50 bits per heavy atom. The van der Waals surface area contributed by atoms with E-state index in [1.807, 2.05) is 36.4 Å². The predicted molar refractivity (Wildman–Crippen MR) is 91.3 cm³/mol. The highest BCUT2D eigenvalue weighted by Crippen LogP contribution is 2.15. The topological polar surface area (TPSA) is 60.2 Å². The number of aryl methyl sites for hydroxylation is 1. The number of hydrogen-bond acceptors (Lipinski definition) is 4. The molecular weight excluding hydrogens is 300 g/mol. The molecule has 0 unspecified atom stereocenters. The van der Waals surface area contributed by atoms with Crippen molar-refractivity contribution in [1.29, 1.82) is 5.26 Å². The summed E-state index contributed by atoms with van der Waals surface area (Å²) in [5.41, 5.74) is 3.38. The van der Waals surface area contributed by atoms with E-state index < -0.39 is 0 Å². The summed E-state index contributed by atoms with van der Waals surface area (Å²) in [6.07, 6.45) is 3.62. The number of carbonyl (C=O) groups excluding carboxylic acids is 1. The van der Waals surface area contributed by atoms with Crippen LogP contribution in [0.3, 0.4) is 0 Å². The highest BCUT2D eigenvalue weighted by atomic mass is 16.2. The zero-order chi connectivity index (χ0) is 16.9. The lowest BCUT2D eigenvalue weighted by Gasteiger charge is -2.35. The molecule has 1 aliphatic rings. The summed E-state index contributed by atoms with van der Waals surface area (Å²) in [6, 6.07) is 11.4. The van der Waals surface area contributed by atoms with Gasteiger partial charge < -0.3 is 4.90 Å². The number of benzene rings is 1. The van der Waals surface area contributed by atoms with Crippen LogP contribution in [0.2, 0.25) is 0 Å². The van der Waals surface area contributed by atoms with E-state index >= 15 is 0 Å². The smallest absolute Gasteiger partial charge is 0.254 e. The van der Waals surface area contributed by atoms with Crippen LogP contribution in [0.15, 0.2) is 42.7 Å². The fourth-order valence-corrected chi connectivity index (χ4v) is 3.00. The number of pyridine rings is 1. The second-order valence-corrected chi connectivity index (χ2v) is 6.07. The lowest BCUT2D eigenvalue weighted by molar-refractivity contribution is 0.0627. The molecule has 5 heteroatoms. The van der Waals surface area contributed by atoms with E-state index in [4.69, 9.17) is 5.26 Å². The Balaban J connectivity index is 1.60. The van der Waals surface area contributed by atoms with Crippen LogP contribution in [-0.4, -0.2) is 46.9 Å². The fraction of sp³-hybridized carbons (Fsp3) is 0.316. The fourth-order valence-electron chi connectivity index (χ4n) is 3.00. The summed E-state index contributed by atoms with van der Waals surface area (Å²) in [4.78, 5) is 21.0. The molecule has 0 radical (unpaired) electrons. The van der Waals surface area contributed by atoms with Gasteiger partial charge in [-0.15, -0.1) is 0 Å². The molecule has 1 amide bonds. The lowest BCUT2D eigenvalue weighted by atomic mass is 10.0. The van der Waals surface area contributed by atoms with Crippen molar-refractivity contribution in [3.63, 3.8) is 0 Å². The lowest BCUT2D eigenvalue weighted by Crippen LogP contribution is -2.48. The zero-order valence-corrected chi connectivity index (χ0v) is 13.8. The van der Waals surface area contributed by atoms with E-state index in [-0.39, 0.29) is 5.91 Å². The van der Waals surface area contributed by atoms with Gasteiger partial charge in [-0.1, -0.05) is 0 Å². The van der Waals surface area contributed by atoms with Crippen molar-refractivity contribution in [2.24, 2.45) is 0 Å². The quantitative estimate of drug-likeness (QED) is 0.870. The maximum atomic E-state index is 12.7. The van der Waals surface area contributed by atoms with Gasteiger partial charge in [0, 0.05) is 50.7 Å². The van der Waals surface area contributed by atoms with Crippen LogP contribution in [0.25, 0.3) is 0 Å². The molecule has 3 rings (SSSR count). The predicted octanol–water partition coefficient (Wildman–Crippen LogP) is 2.22. The van der Waals surface area contributed by atoms with Crippen molar-refractivity contribution < 1.29 is 4.79 Å². The number of rotatable bonds is 3. The first-order chi connectivity index (χ1) is 11.7. The second-order valence-electron chi connectivity index (χ2n) is 6.07. The van der Waals surface area contributed by atoms with Gasteiger partial charge in [0.2, 0.25) is 0 Å². The number of amides is 1. The zero-order valence-electron chi connectivity index (χ0n) is 13.8. The van der Waals surface area contributed by atoms with Crippen LogP contribution in [0.1, 0.15) is 27.0 Å². The van der Waals surface area contributed by atoms with Crippen LogP contribution in [0.5, 0.6) is 0 Å². The summed E-state index contributed by atoms with van der Waals surface area (Å²) in [6.45, 7) is 5.95. The number of carbonyl (C=O) groups is 1. The minimum atomic E-state index is 0.0561. The Morgan fingerprint density at radius 1 is 1.17 bits per heavy atom. The van der Waals surface area contributed by atoms with E-state index in [9.17, 15) is 4.79 Å². The van der Waals surface area contributed by atoms with Crippen molar-refractivity contribution in [3.8, 4) is 6.07 Å². The van der Waals surface area contributed by atoms with E-state index in [0.717, 1.165) is 38.3 Å². The Labute approximate surface area is 142 Å². The maximum absolute atomic E-state index is 12.7. The normalized spacial score (nSPS) is 15.1. The highest BCUT2D eigenvalue weighted by molar-refractivity contribution is 5.95. The third-order valence-corrected chi connectivity index (χ3v) is 4.40. The average molecular weight is 320 g/mol. The molecule has 0 N–H and O–H groups in total. The van der Waals surface area contributed by atoms with Crippen molar-refractivity contribution in [2.75, 3.05) is 26.2 Å². The van der Waals surface area contributed by atoms with Crippen molar-refractivity contribution >= 4 is 5.91 Å². The van der Waals surface area contributed by atoms with E-state index in [2.05, 4.69) is 16.0 Å². The van der Waals surface area contributed by atoms with Gasteiger partial charge in [-0.05, 0) is 48.4 Å². The molecule has 24 heavy (non-hydrogen) atoms. The molecule has 2 aromatic rings. The Kier molecular flexibility index (Phi) is 4.88. The van der Waals surface area contributed by atoms with Gasteiger partial charge in [0.25, 0.3) is 5.91 Å². The summed E-state index contributed by atoms with van der Waals surface area (Å²) < 4.78 is 0. The molecule has 1 aromatic carbocycles. The molecule has 0 aliphatic carbocycles. The van der Waals surface area contributed by atoms with Gasteiger partial charge in [-0.2, -0.15) is 5.26 Å². The van der Waals surface area contributed by atoms with Crippen LogP contribution >= 0.6 is 0 Å². The monoisotopic (exact) mass is 320 g/mol. The molecule has 122 valence electrons. The van der Waals surface area contributed by atoms with E-state index in [1.54, 1.807) is 18.2 Å². The third kappa shape index (κ3) is 3.61. The molecule has 0 spiro atoms. The van der Waals surface area contributed by atoms with E-state index in [0.29, 0.717) is 11.1 Å². The van der Waals surface area contributed by atoms with Gasteiger partial charge in [0.15, 0.2) is 0 Å². The molecule has 0 saturated carbocycles. The van der Waals surface area contributed by atoms with Gasteiger partial charge in [0.1, 0.15) is 0 Å². The first-order valence-electron chi connectivity index (χ1n) is 8.08. The third-order valence-electron chi connectivity index (χ3n) is 4.40. The molecular formula is C19H20N4O. The Morgan fingerprint density at radius 2 is 1.88 bits per heavy atom. The number of aromatic nitrogens is 1. The maximum Gasteiger partial charge on any atom is 0.254 e. The molecule has 2 heterocycles. The van der Waals surface area contributed by atoms with Gasteiger partial charge in [-0.25, -0.2) is 0 Å². The SMILES string of the molecule is Cc1cc(C#N)ccc1C(=O)N1CCN(Cc2ccncc2)CC1. The minimum Gasteiger partial charge on any atom is -0.336 e. The van der Waals surface area contributed by atoms with Gasteiger partial charge in [-0.3, -0.25) is 14.7 Å². The van der Waals surface area contributed by atoms with Crippen LogP contribution in [-0.2, 0) is 6.54 Å². The molecule has 1 aliphatic heterocycles. The summed E-state index contributed by atoms with van der Waals surface area (Å²) in [5.74, 6) is 0.0561. The van der Waals surface area contributed by atoms with Crippen LogP contribution in [0, 0.1) is 18.3 Å².